The van der Waals surface area contributed by atoms with Gasteiger partial charge in [0, 0.05) is 31.9 Å². The highest BCUT2D eigenvalue weighted by molar-refractivity contribution is 7.89. The van der Waals surface area contributed by atoms with Gasteiger partial charge in [-0.2, -0.15) is 0 Å². The Hall–Kier alpha value is -2.38. The number of carbonyl (C=O) groups is 1. The highest BCUT2D eigenvalue weighted by Gasteiger charge is 2.09. The van der Waals surface area contributed by atoms with Crippen molar-refractivity contribution in [1.82, 2.24) is 5.32 Å². The van der Waals surface area contributed by atoms with Crippen molar-refractivity contribution in [3.63, 3.8) is 0 Å². The average molecular weight is 361 g/mol. The largest absolute Gasteiger partial charge is 0.377 e. The van der Waals surface area contributed by atoms with Gasteiger partial charge in [0.05, 0.1) is 4.90 Å². The first-order chi connectivity index (χ1) is 11.7. The van der Waals surface area contributed by atoms with Gasteiger partial charge in [-0.3, -0.25) is 4.79 Å². The van der Waals surface area contributed by atoms with Gasteiger partial charge in [0.25, 0.3) is 5.91 Å². The summed E-state index contributed by atoms with van der Waals surface area (Å²) in [6.45, 7) is 2.43. The number of amides is 1. The van der Waals surface area contributed by atoms with Gasteiger partial charge in [0.1, 0.15) is 0 Å². The zero-order chi connectivity index (χ0) is 18.6. The number of primary sulfonamides is 1. The molecule has 0 radical (unpaired) electrons. The Kier molecular flexibility index (Phi) is 5.81. The molecule has 0 aliphatic heterocycles. The van der Waals surface area contributed by atoms with Crippen molar-refractivity contribution in [2.75, 3.05) is 25.5 Å². The molecule has 0 bridgehead atoms. The predicted octanol–water partition coefficient (Wildman–Crippen LogP) is 1.68. The van der Waals surface area contributed by atoms with Crippen LogP contribution in [0.5, 0.6) is 0 Å². The fourth-order valence-electron chi connectivity index (χ4n) is 2.57. The number of aryl methyl sites for hydroxylation is 1. The Bertz CT molecular complexity index is 860. The van der Waals surface area contributed by atoms with Crippen molar-refractivity contribution in [2.24, 2.45) is 5.14 Å². The third kappa shape index (κ3) is 5.04. The first-order valence-corrected chi connectivity index (χ1v) is 9.41. The Morgan fingerprint density at radius 3 is 2.28 bits per heavy atom. The number of hydrogen-bond donors (Lipinski definition) is 2. The van der Waals surface area contributed by atoms with E-state index in [2.05, 4.69) is 5.32 Å². The minimum atomic E-state index is -3.68. The maximum atomic E-state index is 12.2. The van der Waals surface area contributed by atoms with Crippen molar-refractivity contribution in [1.29, 1.82) is 0 Å². The van der Waals surface area contributed by atoms with E-state index in [0.29, 0.717) is 18.5 Å². The lowest BCUT2D eigenvalue weighted by molar-refractivity contribution is 0.0954. The van der Waals surface area contributed by atoms with Crippen LogP contribution < -0.4 is 15.4 Å². The number of nitrogens with one attached hydrogen (secondary N) is 1. The van der Waals surface area contributed by atoms with E-state index in [-0.39, 0.29) is 10.8 Å². The van der Waals surface area contributed by atoms with Crippen molar-refractivity contribution < 1.29 is 13.2 Å². The van der Waals surface area contributed by atoms with Crippen LogP contribution in [0.1, 0.15) is 21.5 Å². The number of nitrogens with two attached hydrogens (primary N) is 1. The average Bonchev–Trinajstić information content (AvgIpc) is 2.54. The third-order valence-corrected chi connectivity index (χ3v) is 4.82. The number of sulfonamides is 1. The molecule has 3 N–H and O–H groups in total. The molecule has 0 aliphatic carbocycles. The van der Waals surface area contributed by atoms with Gasteiger partial charge in [-0.25, -0.2) is 13.6 Å². The zero-order valence-electron chi connectivity index (χ0n) is 14.6. The van der Waals surface area contributed by atoms with Gasteiger partial charge in [-0.05, 0) is 54.8 Å². The van der Waals surface area contributed by atoms with Crippen LogP contribution in [0.2, 0.25) is 0 Å². The quantitative estimate of drug-likeness (QED) is 0.819. The second-order valence-electron chi connectivity index (χ2n) is 6.09. The van der Waals surface area contributed by atoms with Crippen LogP contribution in [-0.4, -0.2) is 35.0 Å². The lowest BCUT2D eigenvalue weighted by Crippen LogP contribution is -2.26. The summed E-state index contributed by atoms with van der Waals surface area (Å²) in [5.41, 5.74) is 3.65. The van der Waals surface area contributed by atoms with E-state index >= 15 is 0 Å². The molecule has 0 heterocycles. The molecular weight excluding hydrogens is 338 g/mol. The standard InChI is InChI=1S/C18H23N3O3S/c1-13-12-15(6-9-17(13)21(2)3)18(22)20-11-10-14-4-7-16(8-5-14)25(19,23)24/h4-9,12H,10-11H2,1-3H3,(H,20,22)(H2,19,23,24). The molecule has 2 aromatic rings. The summed E-state index contributed by atoms with van der Waals surface area (Å²) in [6.07, 6.45) is 0.603. The Morgan fingerprint density at radius 2 is 1.76 bits per heavy atom. The molecule has 25 heavy (non-hydrogen) atoms. The number of hydrogen-bond acceptors (Lipinski definition) is 4. The van der Waals surface area contributed by atoms with E-state index in [9.17, 15) is 13.2 Å². The van der Waals surface area contributed by atoms with Crippen LogP contribution >= 0.6 is 0 Å². The van der Waals surface area contributed by atoms with Crippen LogP contribution in [0.4, 0.5) is 5.69 Å². The van der Waals surface area contributed by atoms with Crippen LogP contribution in [0.25, 0.3) is 0 Å². The Balaban J connectivity index is 1.93. The Labute approximate surface area is 148 Å². The molecule has 0 aromatic heterocycles. The van der Waals surface area contributed by atoms with Crippen LogP contribution in [0.3, 0.4) is 0 Å². The van der Waals surface area contributed by atoms with Crippen molar-refractivity contribution >= 4 is 21.6 Å². The zero-order valence-corrected chi connectivity index (χ0v) is 15.4. The van der Waals surface area contributed by atoms with Crippen LogP contribution in [-0.2, 0) is 16.4 Å². The molecular formula is C18H23N3O3S. The number of nitrogens with zero attached hydrogens (tertiary/aromatic N) is 1. The Morgan fingerprint density at radius 1 is 1.12 bits per heavy atom. The molecule has 1 amide bonds. The molecule has 0 saturated heterocycles. The first kappa shape index (κ1) is 19.0. The summed E-state index contributed by atoms with van der Waals surface area (Å²) in [5, 5.41) is 7.94. The van der Waals surface area contributed by atoms with E-state index < -0.39 is 10.0 Å². The van der Waals surface area contributed by atoms with E-state index in [1.54, 1.807) is 18.2 Å². The summed E-state index contributed by atoms with van der Waals surface area (Å²) in [4.78, 5) is 14.3. The van der Waals surface area contributed by atoms with Gasteiger partial charge in [0.2, 0.25) is 10.0 Å². The lowest BCUT2D eigenvalue weighted by Gasteiger charge is -2.16. The third-order valence-electron chi connectivity index (χ3n) is 3.89. The van der Waals surface area contributed by atoms with Gasteiger partial charge in [0.15, 0.2) is 0 Å². The lowest BCUT2D eigenvalue weighted by atomic mass is 10.1. The molecule has 0 atom stereocenters. The molecule has 0 aliphatic rings. The van der Waals surface area contributed by atoms with E-state index in [1.807, 2.05) is 38.1 Å². The van der Waals surface area contributed by atoms with Gasteiger partial charge in [-0.1, -0.05) is 12.1 Å². The van der Waals surface area contributed by atoms with Crippen LogP contribution in [0.15, 0.2) is 47.4 Å². The smallest absolute Gasteiger partial charge is 0.251 e. The minimum absolute atomic E-state index is 0.0803. The highest BCUT2D eigenvalue weighted by Crippen LogP contribution is 2.19. The monoisotopic (exact) mass is 361 g/mol. The first-order valence-electron chi connectivity index (χ1n) is 7.86. The van der Waals surface area contributed by atoms with Crippen LogP contribution in [0, 0.1) is 6.92 Å². The summed E-state index contributed by atoms with van der Waals surface area (Å²) in [6, 6.07) is 11.9. The van der Waals surface area contributed by atoms with Crippen molar-refractivity contribution in [3.05, 3.63) is 59.2 Å². The molecule has 7 heteroatoms. The second kappa shape index (κ2) is 7.67. The van der Waals surface area contributed by atoms with Gasteiger partial charge >= 0.3 is 0 Å². The highest BCUT2D eigenvalue weighted by atomic mass is 32.2. The number of rotatable bonds is 6. The summed E-state index contributed by atoms with van der Waals surface area (Å²) in [7, 11) is 0.247. The molecule has 0 spiro atoms. The maximum Gasteiger partial charge on any atom is 0.251 e. The molecule has 2 aromatic carbocycles. The number of anilines is 1. The fraction of sp³-hybridized carbons (Fsp3) is 0.278. The fourth-order valence-corrected chi connectivity index (χ4v) is 3.08. The van der Waals surface area contributed by atoms with E-state index in [4.69, 9.17) is 5.14 Å². The topological polar surface area (TPSA) is 92.5 Å². The molecule has 2 rings (SSSR count). The van der Waals surface area contributed by atoms with E-state index in [0.717, 1.165) is 16.8 Å². The summed E-state index contributed by atoms with van der Waals surface area (Å²) in [5.74, 6) is -0.130. The van der Waals surface area contributed by atoms with E-state index in [1.165, 1.54) is 12.1 Å². The summed E-state index contributed by atoms with van der Waals surface area (Å²) < 4.78 is 22.4. The number of carbonyl (C=O) groups excluding carboxylic acids is 1. The number of benzene rings is 2. The molecule has 6 nitrogen and oxygen atoms in total. The predicted molar refractivity (Wildman–Crippen MR) is 99.4 cm³/mol. The molecule has 0 unspecified atom stereocenters. The molecule has 134 valence electrons. The minimum Gasteiger partial charge on any atom is -0.377 e. The normalized spacial score (nSPS) is 11.2. The molecule has 0 saturated carbocycles. The summed E-state index contributed by atoms with van der Waals surface area (Å²) >= 11 is 0. The van der Waals surface area contributed by atoms with Crippen molar-refractivity contribution in [2.45, 2.75) is 18.2 Å². The maximum absolute atomic E-state index is 12.2. The van der Waals surface area contributed by atoms with Gasteiger partial charge < -0.3 is 10.2 Å². The van der Waals surface area contributed by atoms with Crippen molar-refractivity contribution in [3.8, 4) is 0 Å². The SMILES string of the molecule is Cc1cc(C(=O)NCCc2ccc(S(N)(=O)=O)cc2)ccc1N(C)C. The molecule has 0 fully saturated rings. The van der Waals surface area contributed by atoms with Gasteiger partial charge in [-0.15, -0.1) is 0 Å². The second-order valence-corrected chi connectivity index (χ2v) is 7.65.